The van der Waals surface area contributed by atoms with E-state index in [-0.39, 0.29) is 0 Å². The van der Waals surface area contributed by atoms with Crippen molar-refractivity contribution in [1.29, 1.82) is 0 Å². The lowest BCUT2D eigenvalue weighted by Gasteiger charge is -2.16. The van der Waals surface area contributed by atoms with Crippen LogP contribution in [-0.4, -0.2) is 0 Å². The van der Waals surface area contributed by atoms with Gasteiger partial charge < -0.3 is 14.2 Å². The molecule has 4 aromatic carbocycles. The van der Waals surface area contributed by atoms with Crippen molar-refractivity contribution in [3.63, 3.8) is 0 Å². The summed E-state index contributed by atoms with van der Waals surface area (Å²) in [6.45, 7) is 6.10. The number of halogens is 1. The molecule has 0 heterocycles. The number of hydrogen-bond donors (Lipinski definition) is 0. The van der Waals surface area contributed by atoms with E-state index in [9.17, 15) is 0 Å². The molecule has 156 valence electrons. The SMILES string of the molecule is Cc1cccc(Oc2cc(Oc3cccc(C)c3)c(Br)c(Oc3cccc(C)c3)c2)c1. The van der Waals surface area contributed by atoms with Gasteiger partial charge in [-0.15, -0.1) is 0 Å². The standard InChI is InChI=1S/C27H23BrO3/c1-18-7-4-10-21(13-18)29-24-16-25(30-22-11-5-8-19(2)14-22)27(28)26(17-24)31-23-12-6-9-20(3)15-23/h4-17H,1-3H3. The molecular formula is C27H23BrO3. The summed E-state index contributed by atoms with van der Waals surface area (Å²) >= 11 is 3.66. The molecule has 0 atom stereocenters. The summed E-state index contributed by atoms with van der Waals surface area (Å²) in [7, 11) is 0. The Morgan fingerprint density at radius 1 is 0.484 bits per heavy atom. The van der Waals surface area contributed by atoms with Crippen molar-refractivity contribution in [2.75, 3.05) is 0 Å². The number of aryl methyl sites for hydroxylation is 3. The maximum absolute atomic E-state index is 6.19. The molecule has 0 fully saturated rings. The van der Waals surface area contributed by atoms with Gasteiger partial charge in [0.25, 0.3) is 0 Å². The molecule has 0 N–H and O–H groups in total. The fourth-order valence-electron chi connectivity index (χ4n) is 3.18. The highest BCUT2D eigenvalue weighted by atomic mass is 79.9. The maximum atomic E-state index is 6.19. The second-order valence-corrected chi connectivity index (χ2v) is 8.28. The van der Waals surface area contributed by atoms with E-state index in [4.69, 9.17) is 14.2 Å². The van der Waals surface area contributed by atoms with E-state index < -0.39 is 0 Å². The molecule has 0 saturated heterocycles. The molecule has 0 spiro atoms. The predicted molar refractivity (Wildman–Crippen MR) is 128 cm³/mol. The number of hydrogen-bond acceptors (Lipinski definition) is 3. The van der Waals surface area contributed by atoms with Crippen molar-refractivity contribution < 1.29 is 14.2 Å². The van der Waals surface area contributed by atoms with Crippen molar-refractivity contribution in [2.24, 2.45) is 0 Å². The summed E-state index contributed by atoms with van der Waals surface area (Å²) in [6, 6.07) is 27.5. The van der Waals surface area contributed by atoms with E-state index >= 15 is 0 Å². The number of rotatable bonds is 6. The largest absolute Gasteiger partial charge is 0.457 e. The summed E-state index contributed by atoms with van der Waals surface area (Å²) < 4.78 is 19.2. The van der Waals surface area contributed by atoms with Crippen LogP contribution in [0.25, 0.3) is 0 Å². The Morgan fingerprint density at radius 3 is 1.26 bits per heavy atom. The molecular weight excluding hydrogens is 452 g/mol. The molecule has 3 nitrogen and oxygen atoms in total. The van der Waals surface area contributed by atoms with Crippen molar-refractivity contribution in [2.45, 2.75) is 20.8 Å². The van der Waals surface area contributed by atoms with Crippen LogP contribution in [0, 0.1) is 20.8 Å². The van der Waals surface area contributed by atoms with E-state index in [0.29, 0.717) is 21.7 Å². The first-order chi connectivity index (χ1) is 15.0. The molecule has 4 rings (SSSR count). The first kappa shape index (κ1) is 21.0. The number of ether oxygens (including phenoxy) is 3. The van der Waals surface area contributed by atoms with E-state index in [1.54, 1.807) is 0 Å². The third kappa shape index (κ3) is 5.47. The van der Waals surface area contributed by atoms with Gasteiger partial charge in [0.15, 0.2) is 0 Å². The number of benzene rings is 4. The summed E-state index contributed by atoms with van der Waals surface area (Å²) in [5.74, 6) is 4.09. The van der Waals surface area contributed by atoms with E-state index in [0.717, 1.165) is 33.9 Å². The molecule has 0 aliphatic carbocycles. The van der Waals surface area contributed by atoms with Crippen LogP contribution in [0.1, 0.15) is 16.7 Å². The summed E-state index contributed by atoms with van der Waals surface area (Å²) in [6.07, 6.45) is 0. The monoisotopic (exact) mass is 474 g/mol. The second kappa shape index (κ2) is 9.27. The zero-order valence-electron chi connectivity index (χ0n) is 17.7. The van der Waals surface area contributed by atoms with E-state index in [2.05, 4.69) is 15.9 Å². The zero-order valence-corrected chi connectivity index (χ0v) is 19.3. The molecule has 31 heavy (non-hydrogen) atoms. The van der Waals surface area contributed by atoms with Crippen LogP contribution in [0.4, 0.5) is 0 Å². The third-order valence-electron chi connectivity index (χ3n) is 4.64. The molecule has 0 radical (unpaired) electrons. The highest BCUT2D eigenvalue weighted by Crippen LogP contribution is 2.43. The molecule has 0 amide bonds. The second-order valence-electron chi connectivity index (χ2n) is 7.49. The lowest BCUT2D eigenvalue weighted by atomic mass is 10.2. The third-order valence-corrected chi connectivity index (χ3v) is 5.42. The van der Waals surface area contributed by atoms with Crippen molar-refractivity contribution in [3.05, 3.63) is 106 Å². The average Bonchev–Trinajstić information content (AvgIpc) is 2.71. The Hall–Kier alpha value is -3.24. The van der Waals surface area contributed by atoms with Crippen LogP contribution in [-0.2, 0) is 0 Å². The van der Waals surface area contributed by atoms with Gasteiger partial charge in [-0.25, -0.2) is 0 Å². The molecule has 4 heteroatoms. The lowest BCUT2D eigenvalue weighted by Crippen LogP contribution is -1.93. The van der Waals surface area contributed by atoms with Crippen molar-refractivity contribution in [3.8, 4) is 34.5 Å². The Kier molecular flexibility index (Phi) is 6.28. The molecule has 0 bridgehead atoms. The van der Waals surface area contributed by atoms with Gasteiger partial charge in [0.2, 0.25) is 0 Å². The van der Waals surface area contributed by atoms with Gasteiger partial charge in [0, 0.05) is 12.1 Å². The molecule has 4 aromatic rings. The van der Waals surface area contributed by atoms with Gasteiger partial charge in [0.1, 0.15) is 39.0 Å². The van der Waals surface area contributed by atoms with Gasteiger partial charge >= 0.3 is 0 Å². The van der Waals surface area contributed by atoms with Crippen LogP contribution in [0.3, 0.4) is 0 Å². The van der Waals surface area contributed by atoms with Gasteiger partial charge in [-0.2, -0.15) is 0 Å². The van der Waals surface area contributed by atoms with Gasteiger partial charge in [-0.1, -0.05) is 36.4 Å². The summed E-state index contributed by atoms with van der Waals surface area (Å²) in [4.78, 5) is 0. The van der Waals surface area contributed by atoms with Crippen LogP contribution in [0.2, 0.25) is 0 Å². The smallest absolute Gasteiger partial charge is 0.149 e. The van der Waals surface area contributed by atoms with Crippen LogP contribution < -0.4 is 14.2 Å². The summed E-state index contributed by atoms with van der Waals surface area (Å²) in [5, 5.41) is 0. The van der Waals surface area contributed by atoms with E-state index in [1.807, 2.05) is 106 Å². The first-order valence-corrected chi connectivity index (χ1v) is 10.8. The molecule has 0 aromatic heterocycles. The molecule has 0 aliphatic rings. The minimum Gasteiger partial charge on any atom is -0.457 e. The Labute approximate surface area is 191 Å². The molecule has 0 saturated carbocycles. The van der Waals surface area contributed by atoms with Crippen LogP contribution >= 0.6 is 15.9 Å². The van der Waals surface area contributed by atoms with Gasteiger partial charge in [-0.05, 0) is 89.8 Å². The summed E-state index contributed by atoms with van der Waals surface area (Å²) in [5.41, 5.74) is 3.37. The Morgan fingerprint density at radius 2 is 0.871 bits per heavy atom. The first-order valence-electron chi connectivity index (χ1n) is 10.0. The van der Waals surface area contributed by atoms with E-state index in [1.165, 1.54) is 0 Å². The fraction of sp³-hybridized carbons (Fsp3) is 0.111. The predicted octanol–water partition coefficient (Wildman–Crippen LogP) is 8.75. The molecule has 0 aliphatic heterocycles. The quantitative estimate of drug-likeness (QED) is 0.279. The highest BCUT2D eigenvalue weighted by Gasteiger charge is 2.15. The minimum atomic E-state index is 0.610. The highest BCUT2D eigenvalue weighted by molar-refractivity contribution is 9.10. The normalized spacial score (nSPS) is 10.6. The average molecular weight is 475 g/mol. The lowest BCUT2D eigenvalue weighted by molar-refractivity contribution is 0.435. The Balaban J connectivity index is 1.73. The van der Waals surface area contributed by atoms with Crippen molar-refractivity contribution >= 4 is 15.9 Å². The topological polar surface area (TPSA) is 27.7 Å². The maximum Gasteiger partial charge on any atom is 0.149 e. The van der Waals surface area contributed by atoms with Crippen LogP contribution in [0.5, 0.6) is 34.5 Å². The molecule has 0 unspecified atom stereocenters. The fourth-order valence-corrected chi connectivity index (χ4v) is 3.57. The van der Waals surface area contributed by atoms with Gasteiger partial charge in [0.05, 0.1) is 0 Å². The minimum absolute atomic E-state index is 0.610. The van der Waals surface area contributed by atoms with Gasteiger partial charge in [-0.3, -0.25) is 0 Å². The Bertz CT molecular complexity index is 1150. The van der Waals surface area contributed by atoms with Crippen LogP contribution in [0.15, 0.2) is 89.4 Å². The zero-order chi connectivity index (χ0) is 21.8. The van der Waals surface area contributed by atoms with Crippen molar-refractivity contribution in [1.82, 2.24) is 0 Å².